The number of thiazole rings is 1. The van der Waals surface area contributed by atoms with E-state index in [2.05, 4.69) is 15.0 Å². The number of benzene rings is 1. The number of fused-ring (bicyclic) bond motifs is 1. The van der Waals surface area contributed by atoms with Gasteiger partial charge in [-0.15, -0.1) is 0 Å². The smallest absolute Gasteiger partial charge is 0.278 e. The number of carbonyl (C=O) groups is 1. The van der Waals surface area contributed by atoms with Gasteiger partial charge in [-0.25, -0.2) is 13.8 Å². The molecule has 0 aliphatic carbocycles. The van der Waals surface area contributed by atoms with Crippen molar-refractivity contribution in [3.63, 3.8) is 0 Å². The Morgan fingerprint density at radius 2 is 2.07 bits per heavy atom. The maximum Gasteiger partial charge on any atom is 0.278 e. The van der Waals surface area contributed by atoms with Crippen LogP contribution in [-0.4, -0.2) is 65.0 Å². The molecule has 0 radical (unpaired) electrons. The molecule has 0 unspecified atom stereocenters. The van der Waals surface area contributed by atoms with Gasteiger partial charge >= 0.3 is 0 Å². The molecule has 160 valence electrons. The largest absolute Gasteiger partial charge is 0.379 e. The molecule has 1 fully saturated rings. The van der Waals surface area contributed by atoms with E-state index in [1.54, 1.807) is 16.9 Å². The number of nitrogens with zero attached hydrogens (tertiary/aromatic N) is 5. The Bertz CT molecular complexity index is 1050. The zero-order chi connectivity index (χ0) is 21.3. The maximum absolute atomic E-state index is 14.2. The van der Waals surface area contributed by atoms with Gasteiger partial charge in [0, 0.05) is 44.5 Å². The quantitative estimate of drug-likeness (QED) is 0.594. The van der Waals surface area contributed by atoms with Gasteiger partial charge < -0.3 is 4.74 Å². The summed E-state index contributed by atoms with van der Waals surface area (Å²) in [5, 5.41) is 4.58. The summed E-state index contributed by atoms with van der Waals surface area (Å²) in [6.45, 7) is 7.75. The minimum absolute atomic E-state index is 0.00181. The third-order valence-electron chi connectivity index (χ3n) is 5.00. The Morgan fingerprint density at radius 1 is 1.30 bits per heavy atom. The van der Waals surface area contributed by atoms with Crippen molar-refractivity contribution in [3.8, 4) is 0 Å². The van der Waals surface area contributed by atoms with Crippen molar-refractivity contribution in [2.24, 2.45) is 0 Å². The monoisotopic (exact) mass is 435 g/mol. The summed E-state index contributed by atoms with van der Waals surface area (Å²) in [6, 6.07) is 3.71. The molecule has 0 bridgehead atoms. The summed E-state index contributed by atoms with van der Waals surface area (Å²) in [7, 11) is 0. The third kappa shape index (κ3) is 4.21. The van der Waals surface area contributed by atoms with Gasteiger partial charge in [0.2, 0.25) is 0 Å². The molecule has 10 heteroatoms. The van der Waals surface area contributed by atoms with Crippen molar-refractivity contribution in [3.05, 3.63) is 41.7 Å². The van der Waals surface area contributed by atoms with Crippen LogP contribution < -0.4 is 4.90 Å². The highest BCUT2D eigenvalue weighted by Gasteiger charge is 2.26. The second kappa shape index (κ2) is 8.75. The normalized spacial score (nSPS) is 15.2. The number of morpholine rings is 1. The van der Waals surface area contributed by atoms with Crippen LogP contribution in [0.4, 0.5) is 13.9 Å². The maximum atomic E-state index is 14.2. The number of rotatable bonds is 6. The predicted molar refractivity (Wildman–Crippen MR) is 111 cm³/mol. The van der Waals surface area contributed by atoms with Crippen molar-refractivity contribution in [2.45, 2.75) is 19.9 Å². The van der Waals surface area contributed by atoms with Crippen LogP contribution in [0.2, 0.25) is 0 Å². The van der Waals surface area contributed by atoms with Crippen LogP contribution in [0, 0.1) is 11.6 Å². The van der Waals surface area contributed by atoms with Crippen LogP contribution in [0.5, 0.6) is 0 Å². The van der Waals surface area contributed by atoms with Gasteiger partial charge in [-0.3, -0.25) is 19.3 Å². The number of amides is 1. The number of ether oxygens (including phenoxy) is 1. The molecule has 0 N–H and O–H groups in total. The lowest BCUT2D eigenvalue weighted by molar-refractivity contribution is 0.0391. The van der Waals surface area contributed by atoms with Crippen molar-refractivity contribution >= 4 is 32.6 Å². The molecule has 1 aliphatic heterocycles. The molecule has 1 aromatic carbocycles. The van der Waals surface area contributed by atoms with Crippen LogP contribution in [0.1, 0.15) is 30.4 Å². The Morgan fingerprint density at radius 3 is 2.80 bits per heavy atom. The summed E-state index contributed by atoms with van der Waals surface area (Å²) in [5.41, 5.74) is 0.496. The van der Waals surface area contributed by atoms with E-state index in [1.807, 2.05) is 13.8 Å². The first kappa shape index (κ1) is 20.8. The molecular formula is C20H23F2N5O2S. The fraction of sp³-hybridized carbons (Fsp3) is 0.450. The van der Waals surface area contributed by atoms with Crippen LogP contribution in [-0.2, 0) is 4.74 Å². The first-order chi connectivity index (χ1) is 14.4. The molecule has 1 aliphatic rings. The number of halogens is 2. The Labute approximate surface area is 176 Å². The zero-order valence-corrected chi connectivity index (χ0v) is 17.7. The number of anilines is 1. The minimum Gasteiger partial charge on any atom is -0.379 e. The highest BCUT2D eigenvalue weighted by Crippen LogP contribution is 2.32. The van der Waals surface area contributed by atoms with Gasteiger partial charge in [0.05, 0.1) is 17.9 Å². The molecule has 1 saturated heterocycles. The van der Waals surface area contributed by atoms with Crippen LogP contribution in [0.15, 0.2) is 24.4 Å². The fourth-order valence-electron chi connectivity index (χ4n) is 3.44. The van der Waals surface area contributed by atoms with E-state index in [1.165, 1.54) is 11.0 Å². The SMILES string of the molecule is CC(C)n1nccc1C(=O)N(CCN1CCOCC1)c1nc2c(F)cc(F)cc2s1. The van der Waals surface area contributed by atoms with Crippen molar-refractivity contribution < 1.29 is 18.3 Å². The summed E-state index contributed by atoms with van der Waals surface area (Å²) in [4.78, 5) is 21.5. The third-order valence-corrected chi connectivity index (χ3v) is 6.03. The molecule has 3 heterocycles. The summed E-state index contributed by atoms with van der Waals surface area (Å²) in [6.07, 6.45) is 1.58. The zero-order valence-electron chi connectivity index (χ0n) is 16.8. The molecule has 7 nitrogen and oxygen atoms in total. The van der Waals surface area contributed by atoms with E-state index in [0.29, 0.717) is 41.8 Å². The lowest BCUT2D eigenvalue weighted by Crippen LogP contribution is -2.43. The van der Waals surface area contributed by atoms with Gasteiger partial charge in [0.1, 0.15) is 17.0 Å². The Kier molecular flexibility index (Phi) is 6.07. The number of hydrogen-bond donors (Lipinski definition) is 0. The molecule has 0 atom stereocenters. The molecule has 30 heavy (non-hydrogen) atoms. The molecule has 0 spiro atoms. The van der Waals surface area contributed by atoms with E-state index in [-0.39, 0.29) is 17.5 Å². The van der Waals surface area contributed by atoms with Gasteiger partial charge in [0.25, 0.3) is 5.91 Å². The van der Waals surface area contributed by atoms with Crippen LogP contribution in [0.25, 0.3) is 10.2 Å². The number of carbonyl (C=O) groups excluding carboxylic acids is 1. The predicted octanol–water partition coefficient (Wildman–Crippen LogP) is 3.33. The average molecular weight is 436 g/mol. The molecule has 2 aromatic heterocycles. The molecular weight excluding hydrogens is 412 g/mol. The van der Waals surface area contributed by atoms with E-state index in [4.69, 9.17) is 4.74 Å². The van der Waals surface area contributed by atoms with E-state index in [0.717, 1.165) is 30.5 Å². The number of aromatic nitrogens is 3. The minimum atomic E-state index is -0.736. The van der Waals surface area contributed by atoms with Crippen LogP contribution in [0.3, 0.4) is 0 Å². The number of hydrogen-bond acceptors (Lipinski definition) is 6. The van der Waals surface area contributed by atoms with Gasteiger partial charge in [-0.1, -0.05) is 11.3 Å². The lowest BCUT2D eigenvalue weighted by Gasteiger charge is -2.29. The molecule has 0 saturated carbocycles. The standard InChI is InChI=1S/C20H23F2N5O2S/c1-13(2)27-16(3-4-23-27)19(28)26(6-5-25-7-9-29-10-8-25)20-24-18-15(22)11-14(21)12-17(18)30-20/h3-4,11-13H,5-10H2,1-2H3. The van der Waals surface area contributed by atoms with Gasteiger partial charge in [-0.05, 0) is 26.0 Å². The van der Waals surface area contributed by atoms with Crippen molar-refractivity contribution in [2.75, 3.05) is 44.3 Å². The van der Waals surface area contributed by atoms with Gasteiger partial charge in [-0.2, -0.15) is 5.10 Å². The fourth-order valence-corrected chi connectivity index (χ4v) is 4.47. The van der Waals surface area contributed by atoms with Crippen LogP contribution >= 0.6 is 11.3 Å². The van der Waals surface area contributed by atoms with E-state index >= 15 is 0 Å². The Hall–Kier alpha value is -2.43. The van der Waals surface area contributed by atoms with Gasteiger partial charge in [0.15, 0.2) is 10.9 Å². The average Bonchev–Trinajstić information content (AvgIpc) is 3.36. The summed E-state index contributed by atoms with van der Waals surface area (Å²) < 4.78 is 35.3. The first-order valence-electron chi connectivity index (χ1n) is 9.85. The molecule has 1 amide bonds. The first-order valence-corrected chi connectivity index (χ1v) is 10.7. The second-order valence-corrected chi connectivity index (χ2v) is 8.41. The molecule has 3 aromatic rings. The summed E-state index contributed by atoms with van der Waals surface area (Å²) in [5.74, 6) is -1.67. The van der Waals surface area contributed by atoms with Crippen molar-refractivity contribution in [1.29, 1.82) is 0 Å². The second-order valence-electron chi connectivity index (χ2n) is 7.40. The summed E-state index contributed by atoms with van der Waals surface area (Å²) >= 11 is 1.10. The van der Waals surface area contributed by atoms with Crippen molar-refractivity contribution in [1.82, 2.24) is 19.7 Å². The lowest BCUT2D eigenvalue weighted by atomic mass is 10.3. The van der Waals surface area contributed by atoms with E-state index < -0.39 is 11.6 Å². The highest BCUT2D eigenvalue weighted by atomic mass is 32.1. The highest BCUT2D eigenvalue weighted by molar-refractivity contribution is 7.22. The molecule has 4 rings (SSSR count). The van der Waals surface area contributed by atoms with E-state index in [9.17, 15) is 13.6 Å². The Balaban J connectivity index is 1.68. The topological polar surface area (TPSA) is 63.5 Å².